The summed E-state index contributed by atoms with van der Waals surface area (Å²) in [6.07, 6.45) is 13.0. The lowest BCUT2D eigenvalue weighted by molar-refractivity contribution is -0.116. The number of para-hydroxylation sites is 1. The van der Waals surface area contributed by atoms with Gasteiger partial charge in [-0.15, -0.1) is 0 Å². The maximum atomic E-state index is 12.3. The Bertz CT molecular complexity index is 1200. The van der Waals surface area contributed by atoms with E-state index in [9.17, 15) is 4.79 Å². The fraction of sp³-hybridized carbons (Fsp3) is 0.433. The summed E-state index contributed by atoms with van der Waals surface area (Å²) < 4.78 is 0. The van der Waals surface area contributed by atoms with Crippen molar-refractivity contribution in [3.05, 3.63) is 75.9 Å². The van der Waals surface area contributed by atoms with Crippen molar-refractivity contribution in [2.75, 3.05) is 26.2 Å². The van der Waals surface area contributed by atoms with E-state index in [1.807, 2.05) is 6.07 Å². The number of H-pyrrole nitrogens is 1. The fourth-order valence-corrected chi connectivity index (χ4v) is 6.24. The molecule has 1 aliphatic carbocycles. The zero-order valence-corrected chi connectivity index (χ0v) is 22.2. The van der Waals surface area contributed by atoms with Crippen LogP contribution in [0, 0.1) is 11.8 Å². The van der Waals surface area contributed by atoms with Crippen LogP contribution in [-0.4, -0.2) is 42.0 Å². The molecule has 2 N–H and O–H groups in total. The van der Waals surface area contributed by atoms with Gasteiger partial charge in [-0.05, 0) is 105 Å². The van der Waals surface area contributed by atoms with Gasteiger partial charge in [-0.25, -0.2) is 0 Å². The van der Waals surface area contributed by atoms with Crippen LogP contribution in [0.5, 0.6) is 0 Å². The maximum absolute atomic E-state index is 12.3. The molecule has 0 bridgehead atoms. The van der Waals surface area contributed by atoms with Crippen LogP contribution in [-0.2, 0) is 4.79 Å². The average Bonchev–Trinajstić information content (AvgIpc) is 3.34. The molecule has 3 aromatic rings. The third kappa shape index (κ3) is 6.34. The van der Waals surface area contributed by atoms with Gasteiger partial charge in [0.15, 0.2) is 0 Å². The van der Waals surface area contributed by atoms with E-state index in [-0.39, 0.29) is 5.91 Å². The van der Waals surface area contributed by atoms with Gasteiger partial charge in [0.1, 0.15) is 0 Å². The highest BCUT2D eigenvalue weighted by atomic mass is 35.5. The van der Waals surface area contributed by atoms with E-state index in [2.05, 4.69) is 45.7 Å². The Kier molecular flexibility index (Phi) is 8.36. The molecule has 1 aromatic heterocycles. The summed E-state index contributed by atoms with van der Waals surface area (Å²) in [5, 5.41) is 5.48. The van der Waals surface area contributed by atoms with Gasteiger partial charge >= 0.3 is 0 Å². The molecule has 0 atom stereocenters. The van der Waals surface area contributed by atoms with Crippen molar-refractivity contribution in [3.63, 3.8) is 0 Å². The summed E-state index contributed by atoms with van der Waals surface area (Å²) in [4.78, 5) is 18.4. The smallest absolute Gasteiger partial charge is 0.244 e. The van der Waals surface area contributed by atoms with E-state index in [0.29, 0.717) is 21.9 Å². The van der Waals surface area contributed by atoms with E-state index in [1.54, 1.807) is 24.3 Å². The maximum Gasteiger partial charge on any atom is 0.244 e. The van der Waals surface area contributed by atoms with Gasteiger partial charge in [-0.1, -0.05) is 47.5 Å². The molecule has 6 heteroatoms. The number of hydrogen-bond acceptors (Lipinski definition) is 2. The van der Waals surface area contributed by atoms with E-state index in [0.717, 1.165) is 18.0 Å². The number of halogens is 2. The number of benzene rings is 2. The molecule has 2 heterocycles. The molecule has 1 aliphatic heterocycles. The average molecular weight is 525 g/mol. The lowest BCUT2D eigenvalue weighted by Gasteiger charge is -2.36. The highest BCUT2D eigenvalue weighted by Gasteiger charge is 2.27. The minimum absolute atomic E-state index is 0.0544. The molecule has 2 aromatic carbocycles. The van der Waals surface area contributed by atoms with Crippen LogP contribution in [0.2, 0.25) is 10.0 Å². The quantitative estimate of drug-likeness (QED) is 0.319. The molecule has 2 fully saturated rings. The standard InChI is InChI=1S/C30H35Cl2N3O/c31-27-11-9-21(17-28(27)32)10-12-30(36)34-18-22-5-7-23(8-6-22)20-35-15-13-24(14-16-35)26-19-33-29-4-2-1-3-25(26)29/h1-4,9-12,17,19,22-24,33H,5-8,13-16,18,20H2,(H,34,36)/b12-10+. The second-order valence-electron chi connectivity index (χ2n) is 10.5. The SMILES string of the molecule is O=C(/C=C/c1ccc(Cl)c(Cl)c1)NCC1CCC(CN2CCC(c3c[nH]c4ccccc34)CC2)CC1. The first-order valence-electron chi connectivity index (χ1n) is 13.2. The molecule has 190 valence electrons. The lowest BCUT2D eigenvalue weighted by Crippen LogP contribution is -2.38. The predicted molar refractivity (Wildman–Crippen MR) is 151 cm³/mol. The van der Waals surface area contributed by atoms with Gasteiger partial charge in [-0.3, -0.25) is 4.79 Å². The van der Waals surface area contributed by atoms with Gasteiger partial charge in [0.25, 0.3) is 0 Å². The third-order valence-electron chi connectivity index (χ3n) is 8.07. The summed E-state index contributed by atoms with van der Waals surface area (Å²) in [6.45, 7) is 4.38. The molecule has 1 saturated heterocycles. The van der Waals surface area contributed by atoms with Crippen LogP contribution in [0.15, 0.2) is 54.7 Å². The summed E-state index contributed by atoms with van der Waals surface area (Å²) >= 11 is 12.0. The molecular formula is C30H35Cl2N3O. The first kappa shape index (κ1) is 25.4. The Hall–Kier alpha value is -2.27. The molecule has 36 heavy (non-hydrogen) atoms. The topological polar surface area (TPSA) is 48.1 Å². The minimum atomic E-state index is -0.0544. The molecule has 5 rings (SSSR count). The van der Waals surface area contributed by atoms with E-state index >= 15 is 0 Å². The van der Waals surface area contributed by atoms with Crippen LogP contribution in [0.3, 0.4) is 0 Å². The Morgan fingerprint density at radius 1 is 0.972 bits per heavy atom. The Morgan fingerprint density at radius 2 is 1.72 bits per heavy atom. The number of hydrogen-bond donors (Lipinski definition) is 2. The van der Waals surface area contributed by atoms with Crippen LogP contribution in [0.1, 0.15) is 55.6 Å². The monoisotopic (exact) mass is 523 g/mol. The highest BCUT2D eigenvalue weighted by molar-refractivity contribution is 6.42. The molecule has 2 aliphatic rings. The Labute approximate surface area is 224 Å². The van der Waals surface area contributed by atoms with Crippen molar-refractivity contribution in [3.8, 4) is 0 Å². The van der Waals surface area contributed by atoms with Gasteiger partial charge in [-0.2, -0.15) is 0 Å². The predicted octanol–water partition coefficient (Wildman–Crippen LogP) is 7.29. The van der Waals surface area contributed by atoms with Gasteiger partial charge in [0, 0.05) is 36.3 Å². The molecule has 0 radical (unpaired) electrons. The Morgan fingerprint density at radius 3 is 2.50 bits per heavy atom. The number of nitrogens with zero attached hydrogens (tertiary/aromatic N) is 1. The minimum Gasteiger partial charge on any atom is -0.361 e. The molecule has 0 spiro atoms. The van der Waals surface area contributed by atoms with Crippen molar-refractivity contribution in [1.82, 2.24) is 15.2 Å². The number of nitrogens with one attached hydrogen (secondary N) is 2. The number of likely N-dealkylation sites (tertiary alicyclic amines) is 1. The Balaban J connectivity index is 1.00. The zero-order valence-electron chi connectivity index (χ0n) is 20.7. The number of carbonyl (C=O) groups excluding carboxylic acids is 1. The van der Waals surface area contributed by atoms with Gasteiger partial charge in [0.05, 0.1) is 10.0 Å². The summed E-state index contributed by atoms with van der Waals surface area (Å²) in [5.74, 6) is 1.98. The molecular weight excluding hydrogens is 489 g/mol. The summed E-state index contributed by atoms with van der Waals surface area (Å²) in [6, 6.07) is 14.0. The number of piperidine rings is 1. The van der Waals surface area contributed by atoms with Crippen molar-refractivity contribution >= 4 is 46.1 Å². The summed E-state index contributed by atoms with van der Waals surface area (Å²) in [7, 11) is 0. The number of rotatable bonds is 7. The van der Waals surface area contributed by atoms with Crippen LogP contribution >= 0.6 is 23.2 Å². The van der Waals surface area contributed by atoms with Crippen molar-refractivity contribution < 1.29 is 4.79 Å². The van der Waals surface area contributed by atoms with Crippen LogP contribution < -0.4 is 5.32 Å². The molecule has 1 saturated carbocycles. The van der Waals surface area contributed by atoms with E-state index < -0.39 is 0 Å². The lowest BCUT2D eigenvalue weighted by atomic mass is 9.81. The van der Waals surface area contributed by atoms with Crippen molar-refractivity contribution in [1.29, 1.82) is 0 Å². The molecule has 4 nitrogen and oxygen atoms in total. The number of carbonyl (C=O) groups is 1. The van der Waals surface area contributed by atoms with E-state index in [4.69, 9.17) is 23.2 Å². The highest BCUT2D eigenvalue weighted by Crippen LogP contribution is 2.35. The van der Waals surface area contributed by atoms with E-state index in [1.165, 1.54) is 74.6 Å². The van der Waals surface area contributed by atoms with Crippen LogP contribution in [0.4, 0.5) is 0 Å². The number of fused-ring (bicyclic) bond motifs is 1. The first-order valence-corrected chi connectivity index (χ1v) is 14.0. The fourth-order valence-electron chi connectivity index (χ4n) is 5.93. The molecule has 0 unspecified atom stereocenters. The van der Waals surface area contributed by atoms with Crippen LogP contribution in [0.25, 0.3) is 17.0 Å². The first-order chi connectivity index (χ1) is 17.5. The zero-order chi connectivity index (χ0) is 24.9. The summed E-state index contributed by atoms with van der Waals surface area (Å²) in [5.41, 5.74) is 3.62. The van der Waals surface area contributed by atoms with Gasteiger partial charge < -0.3 is 15.2 Å². The third-order valence-corrected chi connectivity index (χ3v) is 8.81. The number of amides is 1. The van der Waals surface area contributed by atoms with Gasteiger partial charge in [0.2, 0.25) is 5.91 Å². The number of aromatic amines is 1. The second kappa shape index (κ2) is 11.9. The normalized spacial score (nSPS) is 21.8. The van der Waals surface area contributed by atoms with Crippen molar-refractivity contribution in [2.45, 2.75) is 44.4 Å². The largest absolute Gasteiger partial charge is 0.361 e. The molecule has 1 amide bonds. The second-order valence-corrected chi connectivity index (χ2v) is 11.3. The van der Waals surface area contributed by atoms with Crippen molar-refractivity contribution in [2.24, 2.45) is 11.8 Å². The number of aromatic nitrogens is 1.